The van der Waals surface area contributed by atoms with Crippen molar-refractivity contribution in [1.29, 1.82) is 0 Å². The van der Waals surface area contributed by atoms with Crippen LogP contribution in [0.2, 0.25) is 5.02 Å². The molecule has 0 spiro atoms. The topological polar surface area (TPSA) is 115 Å². The SMILES string of the molecule is NS(=O)(=O)c1ccc(Nc2ccnc(SCC(=O)c3ccc(Cl)cc3)n2)cc1. The van der Waals surface area contributed by atoms with Gasteiger partial charge in [0.15, 0.2) is 10.9 Å². The molecule has 0 aliphatic heterocycles. The largest absolute Gasteiger partial charge is 0.340 e. The van der Waals surface area contributed by atoms with E-state index in [-0.39, 0.29) is 16.4 Å². The highest BCUT2D eigenvalue weighted by atomic mass is 35.5. The number of primary sulfonamides is 1. The summed E-state index contributed by atoms with van der Waals surface area (Å²) in [4.78, 5) is 20.7. The van der Waals surface area contributed by atoms with Crippen LogP contribution in [0.5, 0.6) is 0 Å². The van der Waals surface area contributed by atoms with Gasteiger partial charge in [-0.2, -0.15) is 0 Å². The number of hydrogen-bond donors (Lipinski definition) is 2. The molecule has 0 fully saturated rings. The molecule has 0 aliphatic rings. The number of carbonyl (C=O) groups is 1. The molecule has 144 valence electrons. The Kier molecular flexibility index (Phi) is 6.30. The van der Waals surface area contributed by atoms with E-state index in [0.29, 0.717) is 27.2 Å². The summed E-state index contributed by atoms with van der Waals surface area (Å²) in [6, 6.07) is 14.3. The number of anilines is 2. The molecule has 3 N–H and O–H groups in total. The van der Waals surface area contributed by atoms with Crippen molar-refractivity contribution in [2.45, 2.75) is 10.1 Å². The summed E-state index contributed by atoms with van der Waals surface area (Å²) >= 11 is 7.04. The van der Waals surface area contributed by atoms with Crippen LogP contribution in [0.1, 0.15) is 10.4 Å². The number of benzene rings is 2. The lowest BCUT2D eigenvalue weighted by Crippen LogP contribution is -2.11. The van der Waals surface area contributed by atoms with Crippen molar-refractivity contribution in [3.05, 3.63) is 71.4 Å². The molecule has 3 rings (SSSR count). The number of nitrogens with one attached hydrogen (secondary N) is 1. The van der Waals surface area contributed by atoms with E-state index >= 15 is 0 Å². The van der Waals surface area contributed by atoms with Crippen LogP contribution >= 0.6 is 23.4 Å². The Morgan fingerprint density at radius 2 is 1.75 bits per heavy atom. The summed E-state index contributed by atoms with van der Waals surface area (Å²) in [6.07, 6.45) is 1.57. The fraction of sp³-hybridized carbons (Fsp3) is 0.0556. The molecule has 0 saturated heterocycles. The minimum absolute atomic E-state index is 0.0256. The Labute approximate surface area is 171 Å². The second-order valence-electron chi connectivity index (χ2n) is 5.64. The molecule has 1 heterocycles. The number of ketones is 1. The second-order valence-corrected chi connectivity index (χ2v) is 8.58. The van der Waals surface area contributed by atoms with Gasteiger partial charge in [-0.1, -0.05) is 23.4 Å². The van der Waals surface area contributed by atoms with Gasteiger partial charge in [0.1, 0.15) is 5.82 Å². The molecular formula is C18H15ClN4O3S2. The molecule has 2 aromatic carbocycles. The minimum Gasteiger partial charge on any atom is -0.340 e. The van der Waals surface area contributed by atoms with E-state index in [2.05, 4.69) is 15.3 Å². The summed E-state index contributed by atoms with van der Waals surface area (Å²) < 4.78 is 22.6. The summed E-state index contributed by atoms with van der Waals surface area (Å²) in [7, 11) is -3.74. The fourth-order valence-corrected chi connectivity index (χ4v) is 3.57. The first-order valence-electron chi connectivity index (χ1n) is 7.96. The van der Waals surface area contributed by atoms with Crippen LogP contribution in [-0.2, 0) is 10.0 Å². The maximum absolute atomic E-state index is 12.2. The summed E-state index contributed by atoms with van der Waals surface area (Å²) in [5.74, 6) is 0.649. The smallest absolute Gasteiger partial charge is 0.238 e. The Hall–Kier alpha value is -2.46. The van der Waals surface area contributed by atoms with Crippen molar-refractivity contribution in [1.82, 2.24) is 9.97 Å². The molecular weight excluding hydrogens is 420 g/mol. The maximum atomic E-state index is 12.2. The van der Waals surface area contributed by atoms with Crippen molar-refractivity contribution < 1.29 is 13.2 Å². The van der Waals surface area contributed by atoms with Gasteiger partial charge < -0.3 is 5.32 Å². The van der Waals surface area contributed by atoms with Gasteiger partial charge in [-0.15, -0.1) is 0 Å². The number of aromatic nitrogens is 2. The van der Waals surface area contributed by atoms with Crippen molar-refractivity contribution >= 4 is 50.7 Å². The first kappa shape index (κ1) is 20.3. The Morgan fingerprint density at radius 3 is 2.39 bits per heavy atom. The molecule has 1 aromatic heterocycles. The molecule has 7 nitrogen and oxygen atoms in total. The molecule has 10 heteroatoms. The average Bonchev–Trinajstić information content (AvgIpc) is 2.67. The second kappa shape index (κ2) is 8.70. The highest BCUT2D eigenvalue weighted by Crippen LogP contribution is 2.20. The molecule has 0 radical (unpaired) electrons. The van der Waals surface area contributed by atoms with Crippen LogP contribution in [0.15, 0.2) is 70.8 Å². The Morgan fingerprint density at radius 1 is 1.07 bits per heavy atom. The van der Waals surface area contributed by atoms with E-state index in [4.69, 9.17) is 16.7 Å². The predicted octanol–water partition coefficient (Wildman–Crippen LogP) is 3.50. The van der Waals surface area contributed by atoms with Gasteiger partial charge in [0.2, 0.25) is 10.0 Å². The summed E-state index contributed by atoms with van der Waals surface area (Å²) in [5, 5.41) is 9.14. The monoisotopic (exact) mass is 434 g/mol. The number of thioether (sulfide) groups is 1. The Balaban J connectivity index is 1.63. The van der Waals surface area contributed by atoms with Crippen LogP contribution in [0.3, 0.4) is 0 Å². The first-order valence-corrected chi connectivity index (χ1v) is 10.9. The minimum atomic E-state index is -3.74. The zero-order valence-electron chi connectivity index (χ0n) is 14.4. The van der Waals surface area contributed by atoms with E-state index in [1.165, 1.54) is 23.9 Å². The van der Waals surface area contributed by atoms with Crippen molar-refractivity contribution in [3.63, 3.8) is 0 Å². The van der Waals surface area contributed by atoms with E-state index < -0.39 is 10.0 Å². The standard InChI is InChI=1S/C18H15ClN4O3S2/c19-13-3-1-12(2-4-13)16(24)11-27-18-21-10-9-17(23-18)22-14-5-7-15(8-6-14)28(20,25)26/h1-10H,11H2,(H2,20,25,26)(H,21,22,23). The van der Waals surface area contributed by atoms with Gasteiger partial charge in [0.25, 0.3) is 0 Å². The van der Waals surface area contributed by atoms with Crippen LogP contribution < -0.4 is 10.5 Å². The molecule has 0 amide bonds. The molecule has 3 aromatic rings. The maximum Gasteiger partial charge on any atom is 0.238 e. The summed E-state index contributed by atoms with van der Waals surface area (Å²) in [5.41, 5.74) is 1.21. The van der Waals surface area contributed by atoms with Crippen LogP contribution in [0, 0.1) is 0 Å². The van der Waals surface area contributed by atoms with E-state index in [9.17, 15) is 13.2 Å². The third-order valence-electron chi connectivity index (χ3n) is 3.59. The van der Waals surface area contributed by atoms with Crippen molar-refractivity contribution in [3.8, 4) is 0 Å². The average molecular weight is 435 g/mol. The van der Waals surface area contributed by atoms with Gasteiger partial charge in [-0.3, -0.25) is 4.79 Å². The third kappa shape index (κ3) is 5.52. The lowest BCUT2D eigenvalue weighted by Gasteiger charge is -2.07. The zero-order chi connectivity index (χ0) is 20.1. The zero-order valence-corrected chi connectivity index (χ0v) is 16.8. The van der Waals surface area contributed by atoms with Gasteiger partial charge in [-0.05, 0) is 54.6 Å². The summed E-state index contributed by atoms with van der Waals surface area (Å²) in [6.45, 7) is 0. The van der Waals surface area contributed by atoms with E-state index in [0.717, 1.165) is 0 Å². The Bertz CT molecular complexity index is 1090. The normalized spacial score (nSPS) is 11.2. The predicted molar refractivity (Wildman–Crippen MR) is 110 cm³/mol. The van der Waals surface area contributed by atoms with Gasteiger partial charge in [-0.25, -0.2) is 23.5 Å². The molecule has 28 heavy (non-hydrogen) atoms. The number of nitrogens with zero attached hydrogens (tertiary/aromatic N) is 2. The highest BCUT2D eigenvalue weighted by molar-refractivity contribution is 7.99. The number of halogens is 1. The number of rotatable bonds is 7. The van der Waals surface area contributed by atoms with Gasteiger partial charge >= 0.3 is 0 Å². The molecule has 0 aliphatic carbocycles. The van der Waals surface area contributed by atoms with Crippen LogP contribution in [-0.4, -0.2) is 29.9 Å². The molecule has 0 atom stereocenters. The first-order chi connectivity index (χ1) is 13.3. The van der Waals surface area contributed by atoms with Gasteiger partial charge in [0.05, 0.1) is 10.6 Å². The quantitative estimate of drug-likeness (QED) is 0.332. The molecule has 0 bridgehead atoms. The molecule has 0 saturated carbocycles. The number of Topliss-reactive ketones (excluding diaryl/α,β-unsaturated/α-hetero) is 1. The van der Waals surface area contributed by atoms with E-state index in [1.54, 1.807) is 48.7 Å². The van der Waals surface area contributed by atoms with Crippen molar-refractivity contribution in [2.75, 3.05) is 11.1 Å². The molecule has 0 unspecified atom stereocenters. The van der Waals surface area contributed by atoms with Crippen LogP contribution in [0.4, 0.5) is 11.5 Å². The van der Waals surface area contributed by atoms with Crippen molar-refractivity contribution in [2.24, 2.45) is 5.14 Å². The lowest BCUT2D eigenvalue weighted by atomic mass is 10.1. The number of sulfonamides is 1. The lowest BCUT2D eigenvalue weighted by molar-refractivity contribution is 0.102. The fourth-order valence-electron chi connectivity index (χ4n) is 2.21. The van der Waals surface area contributed by atoms with Crippen LogP contribution in [0.25, 0.3) is 0 Å². The van der Waals surface area contributed by atoms with E-state index in [1.807, 2.05) is 0 Å². The number of hydrogen-bond acceptors (Lipinski definition) is 7. The number of carbonyl (C=O) groups excluding carboxylic acids is 1. The highest BCUT2D eigenvalue weighted by Gasteiger charge is 2.10. The third-order valence-corrected chi connectivity index (χ3v) is 5.63. The van der Waals surface area contributed by atoms with Gasteiger partial charge in [0, 0.05) is 22.5 Å². The number of nitrogens with two attached hydrogens (primary N) is 1.